The van der Waals surface area contributed by atoms with Crippen molar-refractivity contribution in [2.75, 3.05) is 25.5 Å². The Balaban J connectivity index is 2.54. The molecule has 25 heavy (non-hydrogen) atoms. The number of nitrogens with one attached hydrogen (secondary N) is 2. The fraction of sp³-hybridized carbons (Fsp3) is 0.412. The van der Waals surface area contributed by atoms with Gasteiger partial charge in [0.25, 0.3) is 5.91 Å². The highest BCUT2D eigenvalue weighted by atomic mass is 32.1. The van der Waals surface area contributed by atoms with Crippen molar-refractivity contribution in [2.45, 2.75) is 26.7 Å². The summed E-state index contributed by atoms with van der Waals surface area (Å²) < 4.78 is 4.47. The summed E-state index contributed by atoms with van der Waals surface area (Å²) in [6.45, 7) is 5.16. The van der Waals surface area contributed by atoms with Gasteiger partial charge in [-0.05, 0) is 50.3 Å². The molecule has 0 bridgehead atoms. The number of amides is 2. The molecule has 1 rings (SSSR count). The van der Waals surface area contributed by atoms with Gasteiger partial charge in [0.2, 0.25) is 5.91 Å². The van der Waals surface area contributed by atoms with E-state index in [1.807, 2.05) is 13.8 Å². The average molecular weight is 365 g/mol. The van der Waals surface area contributed by atoms with Crippen molar-refractivity contribution in [2.24, 2.45) is 0 Å². The maximum atomic E-state index is 12.2. The van der Waals surface area contributed by atoms with Gasteiger partial charge < -0.3 is 20.3 Å². The number of ether oxygens (including phenoxy) is 1. The molecule has 2 amide bonds. The largest absolute Gasteiger partial charge is 0.469 e. The number of hydrogen-bond donors (Lipinski definition) is 2. The zero-order valence-corrected chi connectivity index (χ0v) is 15.4. The SMILES string of the molecule is CCN(CC)C(=O)c1ccc(NC(=S)NC(=O)CCC(=O)OC)cc1. The van der Waals surface area contributed by atoms with Crippen LogP contribution in [-0.2, 0) is 14.3 Å². The normalized spacial score (nSPS) is 9.88. The van der Waals surface area contributed by atoms with Crippen LogP contribution in [0, 0.1) is 0 Å². The molecule has 0 fully saturated rings. The molecule has 136 valence electrons. The van der Waals surface area contributed by atoms with E-state index in [1.165, 1.54) is 7.11 Å². The number of benzene rings is 1. The van der Waals surface area contributed by atoms with Crippen LogP contribution >= 0.6 is 12.2 Å². The summed E-state index contributed by atoms with van der Waals surface area (Å²) in [5.74, 6) is -0.867. The Morgan fingerprint density at radius 1 is 1.08 bits per heavy atom. The van der Waals surface area contributed by atoms with E-state index in [2.05, 4.69) is 15.4 Å². The summed E-state index contributed by atoms with van der Waals surface area (Å²) in [6, 6.07) is 6.82. The zero-order valence-electron chi connectivity index (χ0n) is 14.6. The van der Waals surface area contributed by atoms with Crippen LogP contribution in [0.15, 0.2) is 24.3 Å². The molecule has 2 N–H and O–H groups in total. The number of hydrogen-bond acceptors (Lipinski definition) is 5. The van der Waals surface area contributed by atoms with Gasteiger partial charge in [-0.3, -0.25) is 14.4 Å². The first-order valence-corrected chi connectivity index (χ1v) is 8.39. The van der Waals surface area contributed by atoms with Crippen LogP contribution in [-0.4, -0.2) is 48.0 Å². The summed E-state index contributed by atoms with van der Waals surface area (Å²) in [6.07, 6.45) is -0.0150. The first-order chi connectivity index (χ1) is 11.9. The Morgan fingerprint density at radius 3 is 2.20 bits per heavy atom. The van der Waals surface area contributed by atoms with E-state index in [0.29, 0.717) is 24.3 Å². The molecule has 0 unspecified atom stereocenters. The highest BCUT2D eigenvalue weighted by molar-refractivity contribution is 7.80. The molecule has 0 aromatic heterocycles. The number of anilines is 1. The van der Waals surface area contributed by atoms with Gasteiger partial charge >= 0.3 is 5.97 Å². The van der Waals surface area contributed by atoms with E-state index in [4.69, 9.17) is 12.2 Å². The van der Waals surface area contributed by atoms with E-state index in [0.717, 1.165) is 0 Å². The molecule has 0 saturated carbocycles. The summed E-state index contributed by atoms with van der Waals surface area (Å²) in [4.78, 5) is 36.6. The molecule has 8 heteroatoms. The minimum atomic E-state index is -0.456. The van der Waals surface area contributed by atoms with E-state index in [1.54, 1.807) is 29.2 Å². The van der Waals surface area contributed by atoms with Crippen LogP contribution in [0.3, 0.4) is 0 Å². The third-order valence-corrected chi connectivity index (χ3v) is 3.68. The van der Waals surface area contributed by atoms with E-state index in [-0.39, 0.29) is 29.8 Å². The number of rotatable bonds is 7. The van der Waals surface area contributed by atoms with Crippen LogP contribution < -0.4 is 10.6 Å². The van der Waals surface area contributed by atoms with Gasteiger partial charge in [0.15, 0.2) is 5.11 Å². The van der Waals surface area contributed by atoms with Crippen LogP contribution in [0.25, 0.3) is 0 Å². The molecule has 0 radical (unpaired) electrons. The first kappa shape index (κ1) is 20.6. The second-order valence-corrected chi connectivity index (χ2v) is 5.54. The number of esters is 1. The van der Waals surface area contributed by atoms with Crippen LogP contribution in [0.1, 0.15) is 37.0 Å². The summed E-state index contributed by atoms with van der Waals surface area (Å²) in [7, 11) is 1.26. The minimum Gasteiger partial charge on any atom is -0.469 e. The first-order valence-electron chi connectivity index (χ1n) is 7.98. The van der Waals surface area contributed by atoms with Crippen molar-refractivity contribution < 1.29 is 19.1 Å². The predicted molar refractivity (Wildman–Crippen MR) is 99.3 cm³/mol. The van der Waals surface area contributed by atoms with Gasteiger partial charge in [-0.1, -0.05) is 0 Å². The highest BCUT2D eigenvalue weighted by Crippen LogP contribution is 2.11. The maximum Gasteiger partial charge on any atom is 0.306 e. The lowest BCUT2D eigenvalue weighted by molar-refractivity contribution is -0.142. The molecule has 1 aromatic carbocycles. The van der Waals surface area contributed by atoms with Gasteiger partial charge in [-0.25, -0.2) is 0 Å². The second kappa shape index (κ2) is 10.4. The molecule has 0 heterocycles. The molecule has 0 aliphatic carbocycles. The van der Waals surface area contributed by atoms with Crippen molar-refractivity contribution in [3.05, 3.63) is 29.8 Å². The van der Waals surface area contributed by atoms with E-state index >= 15 is 0 Å². The third kappa shape index (κ3) is 6.88. The maximum absolute atomic E-state index is 12.2. The van der Waals surface area contributed by atoms with Crippen LogP contribution in [0.5, 0.6) is 0 Å². The third-order valence-electron chi connectivity index (χ3n) is 3.48. The van der Waals surface area contributed by atoms with Gasteiger partial charge in [0.05, 0.1) is 13.5 Å². The second-order valence-electron chi connectivity index (χ2n) is 5.13. The molecule has 7 nitrogen and oxygen atoms in total. The number of carbonyl (C=O) groups is 3. The van der Waals surface area contributed by atoms with Gasteiger partial charge in [0, 0.05) is 30.8 Å². The van der Waals surface area contributed by atoms with Crippen molar-refractivity contribution in [3.63, 3.8) is 0 Å². The number of carbonyl (C=O) groups excluding carboxylic acids is 3. The Bertz CT molecular complexity index is 627. The number of methoxy groups -OCH3 is 1. The standard InChI is InChI=1S/C17H23N3O4S/c1-4-20(5-2)16(23)12-6-8-13(9-7-12)18-17(25)19-14(21)10-11-15(22)24-3/h6-9H,4-5,10-11H2,1-3H3,(H2,18,19,21,25). The van der Waals surface area contributed by atoms with Crippen molar-refractivity contribution in [1.82, 2.24) is 10.2 Å². The Hall–Kier alpha value is -2.48. The predicted octanol–water partition coefficient (Wildman–Crippen LogP) is 1.93. The fourth-order valence-electron chi connectivity index (χ4n) is 2.06. The molecule has 0 aliphatic heterocycles. The molecular formula is C17H23N3O4S. The minimum absolute atomic E-state index is 0.00683. The summed E-state index contributed by atoms with van der Waals surface area (Å²) in [5, 5.41) is 5.46. The highest BCUT2D eigenvalue weighted by Gasteiger charge is 2.12. The van der Waals surface area contributed by atoms with E-state index in [9.17, 15) is 14.4 Å². The quantitative estimate of drug-likeness (QED) is 0.567. The number of nitrogens with zero attached hydrogens (tertiary/aromatic N) is 1. The monoisotopic (exact) mass is 365 g/mol. The van der Waals surface area contributed by atoms with Gasteiger partial charge in [-0.15, -0.1) is 0 Å². The van der Waals surface area contributed by atoms with Crippen molar-refractivity contribution in [3.8, 4) is 0 Å². The smallest absolute Gasteiger partial charge is 0.306 e. The molecule has 0 saturated heterocycles. The van der Waals surface area contributed by atoms with Crippen LogP contribution in [0.2, 0.25) is 0 Å². The Kier molecular flexibility index (Phi) is 8.55. The van der Waals surface area contributed by atoms with Crippen molar-refractivity contribution >= 4 is 40.8 Å². The molecule has 0 spiro atoms. The lowest BCUT2D eigenvalue weighted by atomic mass is 10.2. The van der Waals surface area contributed by atoms with Gasteiger partial charge in [-0.2, -0.15) is 0 Å². The van der Waals surface area contributed by atoms with Crippen molar-refractivity contribution in [1.29, 1.82) is 0 Å². The Morgan fingerprint density at radius 2 is 1.68 bits per heavy atom. The topological polar surface area (TPSA) is 87.7 Å². The summed E-state index contributed by atoms with van der Waals surface area (Å²) >= 11 is 5.05. The lowest BCUT2D eigenvalue weighted by Gasteiger charge is -2.18. The molecular weight excluding hydrogens is 342 g/mol. The lowest BCUT2D eigenvalue weighted by Crippen LogP contribution is -2.34. The fourth-order valence-corrected chi connectivity index (χ4v) is 2.29. The van der Waals surface area contributed by atoms with Gasteiger partial charge in [0.1, 0.15) is 0 Å². The van der Waals surface area contributed by atoms with E-state index < -0.39 is 5.97 Å². The summed E-state index contributed by atoms with van der Waals surface area (Å²) in [5.41, 5.74) is 1.23. The Labute approximate surface area is 152 Å². The molecule has 1 aromatic rings. The average Bonchev–Trinajstić information content (AvgIpc) is 2.61. The zero-order chi connectivity index (χ0) is 18.8. The van der Waals surface area contributed by atoms with Crippen LogP contribution in [0.4, 0.5) is 5.69 Å². The molecule has 0 atom stereocenters. The molecule has 0 aliphatic rings. The number of thiocarbonyl (C=S) groups is 1.